The number of amides is 1. The van der Waals surface area contributed by atoms with E-state index in [2.05, 4.69) is 15.5 Å². The lowest BCUT2D eigenvalue weighted by Crippen LogP contribution is -2.23. The molecule has 0 unspecified atom stereocenters. The van der Waals surface area contributed by atoms with Crippen LogP contribution in [0.15, 0.2) is 35.1 Å². The summed E-state index contributed by atoms with van der Waals surface area (Å²) in [5.74, 6) is 0.361. The van der Waals surface area contributed by atoms with Crippen LogP contribution < -0.4 is 15.6 Å². The van der Waals surface area contributed by atoms with E-state index in [1.807, 2.05) is 24.3 Å². The summed E-state index contributed by atoms with van der Waals surface area (Å²) in [5, 5.41) is 7.49. The summed E-state index contributed by atoms with van der Waals surface area (Å²) in [6, 6.07) is 8.60. The van der Waals surface area contributed by atoms with E-state index < -0.39 is 0 Å². The summed E-state index contributed by atoms with van der Waals surface area (Å²) in [6.07, 6.45) is 0. The van der Waals surface area contributed by atoms with Crippen molar-refractivity contribution in [3.05, 3.63) is 51.9 Å². The van der Waals surface area contributed by atoms with E-state index in [9.17, 15) is 9.59 Å². The van der Waals surface area contributed by atoms with Gasteiger partial charge in [-0.15, -0.1) is 0 Å². The molecule has 1 heterocycles. The minimum absolute atomic E-state index is 0.204. The first-order valence-corrected chi connectivity index (χ1v) is 5.38. The van der Waals surface area contributed by atoms with E-state index in [4.69, 9.17) is 4.74 Å². The highest BCUT2D eigenvalue weighted by molar-refractivity contribution is 5.92. The Hall–Kier alpha value is -2.50. The largest absolute Gasteiger partial charge is 0.496 e. The lowest BCUT2D eigenvalue weighted by molar-refractivity contribution is 0.0945. The Kier molecular flexibility index (Phi) is 3.47. The summed E-state index contributed by atoms with van der Waals surface area (Å²) >= 11 is 0. The number of rotatable bonds is 4. The number of hydrogen-bond donors (Lipinski definition) is 3. The van der Waals surface area contributed by atoms with Gasteiger partial charge < -0.3 is 10.1 Å². The van der Waals surface area contributed by atoms with E-state index in [0.29, 0.717) is 12.3 Å². The highest BCUT2D eigenvalue weighted by Gasteiger charge is 2.09. The molecule has 2 aromatic rings. The van der Waals surface area contributed by atoms with E-state index >= 15 is 0 Å². The maximum atomic E-state index is 11.7. The topological polar surface area (TPSA) is 87.0 Å². The summed E-state index contributed by atoms with van der Waals surface area (Å²) in [5.41, 5.74) is 0.735. The highest BCUT2D eigenvalue weighted by Crippen LogP contribution is 2.16. The van der Waals surface area contributed by atoms with Gasteiger partial charge in [0, 0.05) is 18.2 Å². The van der Waals surface area contributed by atoms with Crippen molar-refractivity contribution in [2.75, 3.05) is 7.11 Å². The van der Waals surface area contributed by atoms with Gasteiger partial charge in [-0.05, 0) is 6.07 Å². The molecule has 18 heavy (non-hydrogen) atoms. The zero-order valence-corrected chi connectivity index (χ0v) is 9.82. The molecule has 1 amide bonds. The van der Waals surface area contributed by atoms with E-state index in [-0.39, 0.29) is 17.2 Å². The Morgan fingerprint density at radius 2 is 2.11 bits per heavy atom. The second kappa shape index (κ2) is 5.22. The Balaban J connectivity index is 2.03. The van der Waals surface area contributed by atoms with Crippen molar-refractivity contribution in [1.82, 2.24) is 15.5 Å². The number of nitrogens with one attached hydrogen (secondary N) is 3. The van der Waals surface area contributed by atoms with Crippen LogP contribution in [-0.4, -0.2) is 23.2 Å². The van der Waals surface area contributed by atoms with Crippen molar-refractivity contribution >= 4 is 5.91 Å². The summed E-state index contributed by atoms with van der Waals surface area (Å²) in [4.78, 5) is 22.6. The van der Waals surface area contributed by atoms with Gasteiger partial charge in [0.2, 0.25) is 0 Å². The first kappa shape index (κ1) is 12.0. The molecule has 0 spiro atoms. The molecule has 0 aliphatic carbocycles. The van der Waals surface area contributed by atoms with Crippen LogP contribution in [0.1, 0.15) is 16.1 Å². The standard InChI is InChI=1S/C12H13N3O3/c1-18-10-5-3-2-4-8(10)7-13-12(17)9-6-11(16)15-14-9/h2-6H,7H2,1H3,(H,13,17)(H2,14,15,16). The maximum Gasteiger partial charge on any atom is 0.269 e. The minimum Gasteiger partial charge on any atom is -0.496 e. The number of hydrogen-bond acceptors (Lipinski definition) is 3. The number of aromatic nitrogens is 2. The summed E-state index contributed by atoms with van der Waals surface area (Å²) < 4.78 is 5.17. The third-order valence-corrected chi connectivity index (χ3v) is 2.47. The maximum absolute atomic E-state index is 11.7. The molecule has 1 aromatic carbocycles. The van der Waals surface area contributed by atoms with Crippen LogP contribution in [0, 0.1) is 0 Å². The van der Waals surface area contributed by atoms with E-state index in [1.54, 1.807) is 7.11 Å². The number of H-pyrrole nitrogens is 2. The molecule has 0 radical (unpaired) electrons. The normalized spacial score (nSPS) is 10.1. The Morgan fingerprint density at radius 3 is 2.78 bits per heavy atom. The number of carbonyl (C=O) groups is 1. The molecule has 1 aromatic heterocycles. The van der Waals surface area contributed by atoms with Gasteiger partial charge >= 0.3 is 0 Å². The fraction of sp³-hybridized carbons (Fsp3) is 0.167. The number of para-hydroxylation sites is 1. The Bertz CT molecular complexity index is 600. The van der Waals surface area contributed by atoms with Gasteiger partial charge in [-0.3, -0.25) is 19.8 Å². The van der Waals surface area contributed by atoms with Gasteiger partial charge in [0.15, 0.2) is 0 Å². The first-order chi connectivity index (χ1) is 8.70. The van der Waals surface area contributed by atoms with Crippen molar-refractivity contribution in [2.45, 2.75) is 6.54 Å². The fourth-order valence-electron chi connectivity index (χ4n) is 1.57. The molecule has 0 aliphatic rings. The van der Waals surface area contributed by atoms with Crippen LogP contribution >= 0.6 is 0 Å². The molecule has 2 rings (SSSR count). The average molecular weight is 247 g/mol. The third kappa shape index (κ3) is 2.60. The van der Waals surface area contributed by atoms with Gasteiger partial charge in [-0.25, -0.2) is 0 Å². The molecular weight excluding hydrogens is 234 g/mol. The molecule has 0 saturated heterocycles. The van der Waals surface area contributed by atoms with Crippen molar-refractivity contribution < 1.29 is 9.53 Å². The number of benzene rings is 1. The van der Waals surface area contributed by atoms with Crippen molar-refractivity contribution in [3.8, 4) is 5.75 Å². The SMILES string of the molecule is COc1ccccc1CNC(=O)c1cc(=O)[nH][nH]1. The first-order valence-electron chi connectivity index (χ1n) is 5.38. The Morgan fingerprint density at radius 1 is 1.33 bits per heavy atom. The monoisotopic (exact) mass is 247 g/mol. The lowest BCUT2D eigenvalue weighted by Gasteiger charge is -2.08. The smallest absolute Gasteiger partial charge is 0.269 e. The van der Waals surface area contributed by atoms with Gasteiger partial charge in [0.05, 0.1) is 7.11 Å². The number of methoxy groups -OCH3 is 1. The van der Waals surface area contributed by atoms with Crippen molar-refractivity contribution in [3.63, 3.8) is 0 Å². The lowest BCUT2D eigenvalue weighted by atomic mass is 10.2. The van der Waals surface area contributed by atoms with Crippen LogP contribution in [0.4, 0.5) is 0 Å². The fourth-order valence-corrected chi connectivity index (χ4v) is 1.57. The minimum atomic E-state index is -0.348. The molecule has 0 bridgehead atoms. The molecule has 0 fully saturated rings. The number of carbonyl (C=O) groups excluding carboxylic acids is 1. The molecule has 0 aliphatic heterocycles. The Labute approximate surface area is 103 Å². The van der Waals surface area contributed by atoms with Crippen molar-refractivity contribution in [2.24, 2.45) is 0 Å². The van der Waals surface area contributed by atoms with Crippen LogP contribution in [0.25, 0.3) is 0 Å². The number of ether oxygens (including phenoxy) is 1. The molecule has 3 N–H and O–H groups in total. The van der Waals surface area contributed by atoms with Gasteiger partial charge in [0.1, 0.15) is 11.4 Å². The third-order valence-electron chi connectivity index (χ3n) is 2.47. The predicted molar refractivity (Wildman–Crippen MR) is 65.6 cm³/mol. The van der Waals surface area contributed by atoms with Gasteiger partial charge in [0.25, 0.3) is 11.5 Å². The average Bonchev–Trinajstić information content (AvgIpc) is 2.83. The van der Waals surface area contributed by atoms with Crippen molar-refractivity contribution in [1.29, 1.82) is 0 Å². The summed E-state index contributed by atoms with van der Waals surface area (Å²) in [6.45, 7) is 0.329. The molecule has 6 nitrogen and oxygen atoms in total. The second-order valence-corrected chi connectivity index (χ2v) is 3.67. The zero-order valence-electron chi connectivity index (χ0n) is 9.82. The quantitative estimate of drug-likeness (QED) is 0.741. The van der Waals surface area contributed by atoms with E-state index in [1.165, 1.54) is 6.07 Å². The molecule has 94 valence electrons. The molecule has 6 heteroatoms. The number of aromatic amines is 2. The van der Waals surface area contributed by atoms with Crippen LogP contribution in [0.5, 0.6) is 5.75 Å². The van der Waals surface area contributed by atoms with Crippen LogP contribution in [0.2, 0.25) is 0 Å². The van der Waals surface area contributed by atoms with Crippen LogP contribution in [-0.2, 0) is 6.54 Å². The van der Waals surface area contributed by atoms with Gasteiger partial charge in [-0.1, -0.05) is 18.2 Å². The molecule has 0 atom stereocenters. The molecule has 0 saturated carbocycles. The van der Waals surface area contributed by atoms with Crippen LogP contribution in [0.3, 0.4) is 0 Å². The predicted octanol–water partition coefficient (Wildman–Crippen LogP) is 0.642. The highest BCUT2D eigenvalue weighted by atomic mass is 16.5. The second-order valence-electron chi connectivity index (χ2n) is 3.67. The summed E-state index contributed by atoms with van der Waals surface area (Å²) in [7, 11) is 1.57. The van der Waals surface area contributed by atoms with Gasteiger partial charge in [-0.2, -0.15) is 0 Å². The zero-order chi connectivity index (χ0) is 13.0. The molecular formula is C12H13N3O3. The van der Waals surface area contributed by atoms with E-state index in [0.717, 1.165) is 5.56 Å².